The van der Waals surface area contributed by atoms with Gasteiger partial charge in [0.05, 0.1) is 18.0 Å². The Morgan fingerprint density at radius 1 is 1.40 bits per heavy atom. The third-order valence-electron chi connectivity index (χ3n) is 3.46. The number of aryl methyl sites for hydroxylation is 1. The van der Waals surface area contributed by atoms with Gasteiger partial charge in [-0.3, -0.25) is 0 Å². The highest BCUT2D eigenvalue weighted by atomic mass is 32.1. The van der Waals surface area contributed by atoms with Crippen molar-refractivity contribution in [2.24, 2.45) is 5.73 Å². The molecule has 2 N–H and O–H groups in total. The first kappa shape index (κ1) is 13.4. The van der Waals surface area contributed by atoms with E-state index in [0.29, 0.717) is 6.54 Å². The molecule has 0 fully saturated rings. The van der Waals surface area contributed by atoms with Gasteiger partial charge >= 0.3 is 0 Å². The molecule has 1 aliphatic rings. The van der Waals surface area contributed by atoms with E-state index in [1.165, 1.54) is 4.88 Å². The van der Waals surface area contributed by atoms with E-state index in [-0.39, 0.29) is 0 Å². The molecule has 1 aromatic heterocycles. The lowest BCUT2D eigenvalue weighted by Gasteiger charge is -2.20. The van der Waals surface area contributed by atoms with E-state index in [1.54, 1.807) is 11.3 Å². The number of aromatic nitrogens is 1. The Morgan fingerprint density at radius 3 is 3.00 bits per heavy atom. The van der Waals surface area contributed by atoms with Crippen LogP contribution >= 0.6 is 11.3 Å². The average Bonchev–Trinajstić information content (AvgIpc) is 2.79. The third-order valence-corrected chi connectivity index (χ3v) is 4.60. The monoisotopic (exact) mass is 289 g/mol. The van der Waals surface area contributed by atoms with Crippen LogP contribution in [-0.4, -0.2) is 18.1 Å². The maximum atomic E-state index is 5.82. The standard InChI is InChI=1S/C15H19N3OS/c1-2-11-14(10-16)20-15(17-11)18-8-5-9-19-13-7-4-3-6-12(13)18/h3-4,6-7H,2,5,8-10,16H2,1H3. The SMILES string of the molecule is CCc1nc(N2CCCOc3ccccc32)sc1CN. The second-order valence-electron chi connectivity index (χ2n) is 4.75. The number of para-hydroxylation sites is 2. The highest BCUT2D eigenvalue weighted by molar-refractivity contribution is 7.15. The molecule has 0 radical (unpaired) electrons. The Balaban J connectivity index is 2.03. The molecule has 0 spiro atoms. The van der Waals surface area contributed by atoms with Gasteiger partial charge in [0.15, 0.2) is 5.13 Å². The van der Waals surface area contributed by atoms with Crippen LogP contribution in [0.5, 0.6) is 5.75 Å². The second-order valence-corrected chi connectivity index (χ2v) is 5.81. The van der Waals surface area contributed by atoms with Crippen molar-refractivity contribution in [3.8, 4) is 5.75 Å². The van der Waals surface area contributed by atoms with E-state index in [4.69, 9.17) is 15.5 Å². The number of benzene rings is 1. The number of ether oxygens (including phenoxy) is 1. The number of anilines is 2. The molecule has 3 rings (SSSR count). The molecule has 2 aromatic rings. The molecule has 0 bridgehead atoms. The van der Waals surface area contributed by atoms with Crippen LogP contribution in [-0.2, 0) is 13.0 Å². The largest absolute Gasteiger partial charge is 0.491 e. The number of rotatable bonds is 3. The fourth-order valence-electron chi connectivity index (χ4n) is 2.45. The van der Waals surface area contributed by atoms with Crippen LogP contribution in [0, 0.1) is 0 Å². The van der Waals surface area contributed by atoms with Crippen LogP contribution in [0.4, 0.5) is 10.8 Å². The van der Waals surface area contributed by atoms with Crippen LogP contribution in [0.15, 0.2) is 24.3 Å². The number of hydrogen-bond acceptors (Lipinski definition) is 5. The van der Waals surface area contributed by atoms with Gasteiger partial charge < -0.3 is 15.4 Å². The van der Waals surface area contributed by atoms with E-state index in [0.717, 1.165) is 48.3 Å². The smallest absolute Gasteiger partial charge is 0.190 e. The summed E-state index contributed by atoms with van der Waals surface area (Å²) >= 11 is 1.70. The van der Waals surface area contributed by atoms with Crippen molar-refractivity contribution in [3.63, 3.8) is 0 Å². The number of fused-ring (bicyclic) bond motifs is 1. The third kappa shape index (κ3) is 2.39. The molecule has 4 nitrogen and oxygen atoms in total. The molecule has 106 valence electrons. The Bertz CT molecular complexity index is 575. The van der Waals surface area contributed by atoms with Gasteiger partial charge in [0.1, 0.15) is 5.75 Å². The Labute approximate surface area is 123 Å². The van der Waals surface area contributed by atoms with Gasteiger partial charge in [-0.2, -0.15) is 0 Å². The van der Waals surface area contributed by atoms with Crippen molar-refractivity contribution < 1.29 is 4.74 Å². The number of nitrogens with zero attached hydrogens (tertiary/aromatic N) is 2. The first-order chi connectivity index (χ1) is 9.83. The highest BCUT2D eigenvalue weighted by Crippen LogP contribution is 2.38. The van der Waals surface area contributed by atoms with Crippen molar-refractivity contribution in [3.05, 3.63) is 34.8 Å². The van der Waals surface area contributed by atoms with Gasteiger partial charge in [-0.25, -0.2) is 4.98 Å². The van der Waals surface area contributed by atoms with Crippen molar-refractivity contribution >= 4 is 22.2 Å². The lowest BCUT2D eigenvalue weighted by molar-refractivity contribution is 0.322. The minimum Gasteiger partial charge on any atom is -0.491 e. The van der Waals surface area contributed by atoms with Gasteiger partial charge in [-0.05, 0) is 25.0 Å². The van der Waals surface area contributed by atoms with Gasteiger partial charge in [0.2, 0.25) is 0 Å². The zero-order chi connectivity index (χ0) is 13.9. The molecule has 1 aromatic carbocycles. The topological polar surface area (TPSA) is 51.4 Å². The van der Waals surface area contributed by atoms with Crippen molar-refractivity contribution in [2.75, 3.05) is 18.1 Å². The summed E-state index contributed by atoms with van der Waals surface area (Å²) in [5.74, 6) is 0.938. The molecule has 0 saturated carbocycles. The zero-order valence-electron chi connectivity index (χ0n) is 11.6. The van der Waals surface area contributed by atoms with Crippen molar-refractivity contribution in [1.29, 1.82) is 0 Å². The summed E-state index contributed by atoms with van der Waals surface area (Å²) in [7, 11) is 0. The molecular weight excluding hydrogens is 270 g/mol. The summed E-state index contributed by atoms with van der Waals surface area (Å²) in [5.41, 5.74) is 8.04. The number of thiazole rings is 1. The van der Waals surface area contributed by atoms with Crippen LogP contribution in [0.1, 0.15) is 23.9 Å². The minimum atomic E-state index is 0.562. The first-order valence-corrected chi connectivity index (χ1v) is 7.83. The predicted octanol–water partition coefficient (Wildman–Crippen LogP) is 3.08. The maximum absolute atomic E-state index is 5.82. The van der Waals surface area contributed by atoms with E-state index in [9.17, 15) is 0 Å². The summed E-state index contributed by atoms with van der Waals surface area (Å²) in [6.07, 6.45) is 1.92. The summed E-state index contributed by atoms with van der Waals surface area (Å²) in [4.78, 5) is 8.21. The fraction of sp³-hybridized carbons (Fsp3) is 0.400. The highest BCUT2D eigenvalue weighted by Gasteiger charge is 2.21. The van der Waals surface area contributed by atoms with Gasteiger partial charge in [0, 0.05) is 18.0 Å². The molecule has 0 saturated heterocycles. The number of nitrogens with two attached hydrogens (primary N) is 1. The second kappa shape index (κ2) is 5.81. The number of hydrogen-bond donors (Lipinski definition) is 1. The van der Waals surface area contributed by atoms with E-state index in [2.05, 4.69) is 17.9 Å². The molecule has 2 heterocycles. The molecule has 0 amide bonds. The molecule has 1 aliphatic heterocycles. The maximum Gasteiger partial charge on any atom is 0.190 e. The molecule has 0 aliphatic carbocycles. The first-order valence-electron chi connectivity index (χ1n) is 7.01. The quantitative estimate of drug-likeness (QED) is 0.943. The summed E-state index contributed by atoms with van der Waals surface area (Å²) in [6, 6.07) is 8.16. The Morgan fingerprint density at radius 2 is 2.25 bits per heavy atom. The van der Waals surface area contributed by atoms with Crippen LogP contribution in [0.2, 0.25) is 0 Å². The van der Waals surface area contributed by atoms with E-state index in [1.807, 2.05) is 18.2 Å². The van der Waals surface area contributed by atoms with Crippen LogP contribution in [0.25, 0.3) is 0 Å². The van der Waals surface area contributed by atoms with E-state index < -0.39 is 0 Å². The fourth-order valence-corrected chi connectivity index (χ4v) is 3.51. The van der Waals surface area contributed by atoms with Gasteiger partial charge in [0.25, 0.3) is 0 Å². The minimum absolute atomic E-state index is 0.562. The molecule has 20 heavy (non-hydrogen) atoms. The predicted molar refractivity (Wildman–Crippen MR) is 82.9 cm³/mol. The Hall–Kier alpha value is -1.59. The Kier molecular flexibility index (Phi) is 3.89. The van der Waals surface area contributed by atoms with Crippen molar-refractivity contribution in [1.82, 2.24) is 4.98 Å². The normalized spacial score (nSPS) is 14.6. The van der Waals surface area contributed by atoms with Crippen molar-refractivity contribution in [2.45, 2.75) is 26.3 Å². The summed E-state index contributed by atoms with van der Waals surface area (Å²) in [5, 5.41) is 1.03. The molecular formula is C15H19N3OS. The molecule has 0 unspecified atom stereocenters. The summed E-state index contributed by atoms with van der Waals surface area (Å²) < 4.78 is 5.80. The zero-order valence-corrected chi connectivity index (χ0v) is 12.4. The average molecular weight is 289 g/mol. The van der Waals surface area contributed by atoms with Gasteiger partial charge in [-0.1, -0.05) is 30.4 Å². The molecule has 5 heteroatoms. The van der Waals surface area contributed by atoms with Gasteiger partial charge in [-0.15, -0.1) is 0 Å². The van der Waals surface area contributed by atoms with Crippen LogP contribution in [0.3, 0.4) is 0 Å². The van der Waals surface area contributed by atoms with Crippen LogP contribution < -0.4 is 15.4 Å². The summed E-state index contributed by atoms with van der Waals surface area (Å²) in [6.45, 7) is 4.37. The van der Waals surface area contributed by atoms with E-state index >= 15 is 0 Å². The lowest BCUT2D eigenvalue weighted by atomic mass is 10.2. The molecule has 0 atom stereocenters. The lowest BCUT2D eigenvalue weighted by Crippen LogP contribution is -2.17.